The first-order valence-electron chi connectivity index (χ1n) is 5.74. The fraction of sp³-hybridized carbons (Fsp3) is 0.462. The van der Waals surface area contributed by atoms with E-state index < -0.39 is 6.10 Å². The third kappa shape index (κ3) is 4.97. The van der Waals surface area contributed by atoms with E-state index in [0.717, 1.165) is 5.56 Å². The van der Waals surface area contributed by atoms with E-state index in [1.165, 1.54) is 4.90 Å². The average Bonchev–Trinajstić information content (AvgIpc) is 2.29. The molecule has 17 heavy (non-hydrogen) atoms. The van der Waals surface area contributed by atoms with Gasteiger partial charge in [-0.25, -0.2) is 0 Å². The van der Waals surface area contributed by atoms with Crippen LogP contribution in [-0.2, 0) is 11.2 Å². The first kappa shape index (κ1) is 13.7. The van der Waals surface area contributed by atoms with Crippen molar-refractivity contribution in [1.29, 1.82) is 0 Å². The second kappa shape index (κ2) is 7.04. The fourth-order valence-electron chi connectivity index (χ4n) is 1.64. The normalized spacial score (nSPS) is 12.2. The lowest BCUT2D eigenvalue weighted by Gasteiger charge is -2.23. The Labute approximate surface area is 101 Å². The van der Waals surface area contributed by atoms with Crippen LogP contribution in [0, 0.1) is 0 Å². The molecule has 1 atom stereocenters. The minimum atomic E-state index is -0.582. The number of aliphatic hydroxyl groups excluding tert-OH is 2. The summed E-state index contributed by atoms with van der Waals surface area (Å²) in [6.07, 6.45) is -0.283. The maximum Gasteiger partial charge on any atom is 0.227 e. The van der Waals surface area contributed by atoms with Gasteiger partial charge in [0.1, 0.15) is 0 Å². The molecule has 0 saturated heterocycles. The Balaban J connectivity index is 2.59. The zero-order chi connectivity index (χ0) is 12.7. The van der Waals surface area contributed by atoms with E-state index in [0.29, 0.717) is 6.42 Å². The van der Waals surface area contributed by atoms with Crippen molar-refractivity contribution < 1.29 is 15.0 Å². The average molecular weight is 237 g/mol. The standard InChI is InChI=1S/C13H19NO3/c1-11(16)10-14(7-8-15)13(17)9-12-5-3-2-4-6-12/h2-6,11,15-16H,7-10H2,1H3. The van der Waals surface area contributed by atoms with E-state index in [4.69, 9.17) is 5.11 Å². The molecule has 1 aromatic rings. The molecular weight excluding hydrogens is 218 g/mol. The molecule has 4 nitrogen and oxygen atoms in total. The van der Waals surface area contributed by atoms with E-state index in [-0.39, 0.29) is 25.6 Å². The molecule has 94 valence electrons. The van der Waals surface area contributed by atoms with Crippen molar-refractivity contribution in [2.24, 2.45) is 0 Å². The molecule has 0 saturated carbocycles. The Morgan fingerprint density at radius 3 is 2.53 bits per heavy atom. The number of aliphatic hydroxyl groups is 2. The number of rotatable bonds is 6. The smallest absolute Gasteiger partial charge is 0.227 e. The van der Waals surface area contributed by atoms with E-state index in [1.54, 1.807) is 6.92 Å². The first-order chi connectivity index (χ1) is 8.13. The second-order valence-electron chi connectivity index (χ2n) is 4.07. The van der Waals surface area contributed by atoms with Crippen LogP contribution in [0.15, 0.2) is 30.3 Å². The zero-order valence-electron chi connectivity index (χ0n) is 10.0. The minimum absolute atomic E-state index is 0.0776. The Morgan fingerprint density at radius 1 is 1.35 bits per heavy atom. The van der Waals surface area contributed by atoms with Gasteiger partial charge >= 0.3 is 0 Å². The molecule has 1 unspecified atom stereocenters. The topological polar surface area (TPSA) is 60.8 Å². The predicted octanol–water partition coefficient (Wildman–Crippen LogP) is 0.431. The van der Waals surface area contributed by atoms with Crippen molar-refractivity contribution in [2.45, 2.75) is 19.4 Å². The quantitative estimate of drug-likeness (QED) is 0.754. The minimum Gasteiger partial charge on any atom is -0.395 e. The van der Waals surface area contributed by atoms with Crippen molar-refractivity contribution in [3.63, 3.8) is 0 Å². The van der Waals surface area contributed by atoms with Gasteiger partial charge in [0, 0.05) is 13.1 Å². The van der Waals surface area contributed by atoms with Gasteiger partial charge in [0.2, 0.25) is 5.91 Å². The van der Waals surface area contributed by atoms with Crippen LogP contribution in [0.4, 0.5) is 0 Å². The van der Waals surface area contributed by atoms with E-state index >= 15 is 0 Å². The van der Waals surface area contributed by atoms with Crippen LogP contribution in [0.5, 0.6) is 0 Å². The van der Waals surface area contributed by atoms with Gasteiger partial charge in [-0.15, -0.1) is 0 Å². The highest BCUT2D eigenvalue weighted by molar-refractivity contribution is 5.78. The molecule has 1 rings (SSSR count). The number of nitrogens with zero attached hydrogens (tertiary/aromatic N) is 1. The summed E-state index contributed by atoms with van der Waals surface area (Å²) < 4.78 is 0. The predicted molar refractivity (Wildman–Crippen MR) is 65.5 cm³/mol. The van der Waals surface area contributed by atoms with E-state index in [1.807, 2.05) is 30.3 Å². The van der Waals surface area contributed by atoms with Crippen molar-refractivity contribution >= 4 is 5.91 Å². The van der Waals surface area contributed by atoms with Gasteiger partial charge in [-0.3, -0.25) is 4.79 Å². The molecule has 1 amide bonds. The van der Waals surface area contributed by atoms with Gasteiger partial charge in [0.15, 0.2) is 0 Å². The maximum absolute atomic E-state index is 11.9. The van der Waals surface area contributed by atoms with Gasteiger partial charge in [0.05, 0.1) is 19.1 Å². The summed E-state index contributed by atoms with van der Waals surface area (Å²) in [7, 11) is 0. The van der Waals surface area contributed by atoms with E-state index in [2.05, 4.69) is 0 Å². The van der Waals surface area contributed by atoms with Crippen LogP contribution in [0.3, 0.4) is 0 Å². The van der Waals surface area contributed by atoms with Crippen LogP contribution in [0.2, 0.25) is 0 Å². The lowest BCUT2D eigenvalue weighted by Crippen LogP contribution is -2.39. The summed E-state index contributed by atoms with van der Waals surface area (Å²) in [4.78, 5) is 13.4. The molecular formula is C13H19NO3. The van der Waals surface area contributed by atoms with E-state index in [9.17, 15) is 9.90 Å². The fourth-order valence-corrected chi connectivity index (χ4v) is 1.64. The Morgan fingerprint density at radius 2 is 2.00 bits per heavy atom. The van der Waals surface area contributed by atoms with Gasteiger partial charge in [-0.1, -0.05) is 30.3 Å². The van der Waals surface area contributed by atoms with Gasteiger partial charge in [0.25, 0.3) is 0 Å². The van der Waals surface area contributed by atoms with Gasteiger partial charge in [-0.05, 0) is 12.5 Å². The highest BCUT2D eigenvalue weighted by atomic mass is 16.3. The van der Waals surface area contributed by atoms with Crippen LogP contribution < -0.4 is 0 Å². The summed E-state index contributed by atoms with van der Waals surface area (Å²) in [5.74, 6) is -0.0776. The molecule has 0 bridgehead atoms. The van der Waals surface area contributed by atoms with Crippen molar-refractivity contribution in [3.05, 3.63) is 35.9 Å². The molecule has 1 aromatic carbocycles. The Hall–Kier alpha value is -1.39. The molecule has 0 aliphatic carbocycles. The largest absolute Gasteiger partial charge is 0.395 e. The summed E-state index contributed by atoms with van der Waals surface area (Å²) in [5, 5.41) is 18.2. The maximum atomic E-state index is 11.9. The zero-order valence-corrected chi connectivity index (χ0v) is 10.0. The summed E-state index contributed by atoms with van der Waals surface area (Å²) in [6.45, 7) is 2.05. The van der Waals surface area contributed by atoms with Crippen molar-refractivity contribution in [2.75, 3.05) is 19.7 Å². The molecule has 0 aliphatic heterocycles. The third-order valence-electron chi connectivity index (χ3n) is 2.41. The van der Waals surface area contributed by atoms with Gasteiger partial charge < -0.3 is 15.1 Å². The molecule has 2 N–H and O–H groups in total. The molecule has 0 radical (unpaired) electrons. The third-order valence-corrected chi connectivity index (χ3v) is 2.41. The summed E-state index contributed by atoms with van der Waals surface area (Å²) in [6, 6.07) is 9.44. The van der Waals surface area contributed by atoms with Crippen LogP contribution >= 0.6 is 0 Å². The number of benzene rings is 1. The summed E-state index contributed by atoms with van der Waals surface area (Å²) >= 11 is 0. The molecule has 0 spiro atoms. The highest BCUT2D eigenvalue weighted by Gasteiger charge is 2.15. The number of carbonyl (C=O) groups is 1. The summed E-state index contributed by atoms with van der Waals surface area (Å²) in [5.41, 5.74) is 0.936. The molecule has 0 aliphatic rings. The SMILES string of the molecule is CC(O)CN(CCO)C(=O)Cc1ccccc1. The van der Waals surface area contributed by atoms with Crippen molar-refractivity contribution in [3.8, 4) is 0 Å². The highest BCUT2D eigenvalue weighted by Crippen LogP contribution is 2.03. The molecule has 4 heteroatoms. The molecule has 0 aromatic heterocycles. The Bertz CT molecular complexity index is 338. The number of hydrogen-bond acceptors (Lipinski definition) is 3. The first-order valence-corrected chi connectivity index (χ1v) is 5.74. The molecule has 0 fully saturated rings. The number of hydrogen-bond donors (Lipinski definition) is 2. The lowest BCUT2D eigenvalue weighted by atomic mass is 10.1. The van der Waals surface area contributed by atoms with Crippen molar-refractivity contribution in [1.82, 2.24) is 4.90 Å². The number of amides is 1. The van der Waals surface area contributed by atoms with Crippen LogP contribution in [-0.4, -0.2) is 46.8 Å². The van der Waals surface area contributed by atoms with Crippen LogP contribution in [0.25, 0.3) is 0 Å². The van der Waals surface area contributed by atoms with Gasteiger partial charge in [-0.2, -0.15) is 0 Å². The second-order valence-corrected chi connectivity index (χ2v) is 4.07. The van der Waals surface area contributed by atoms with Crippen LogP contribution in [0.1, 0.15) is 12.5 Å². The lowest BCUT2D eigenvalue weighted by molar-refractivity contribution is -0.132. The number of carbonyl (C=O) groups excluding carboxylic acids is 1. The Kier molecular flexibility index (Phi) is 5.66. The molecule has 0 heterocycles. The monoisotopic (exact) mass is 237 g/mol.